The van der Waals surface area contributed by atoms with Crippen LogP contribution in [0.5, 0.6) is 0 Å². The molecule has 1 aromatic heterocycles. The van der Waals surface area contributed by atoms with E-state index in [1.165, 1.54) is 0 Å². The number of amidine groups is 1. The topological polar surface area (TPSA) is 95.9 Å². The van der Waals surface area contributed by atoms with Gasteiger partial charge in [-0.25, -0.2) is 4.79 Å². The molecule has 0 atom stereocenters. The van der Waals surface area contributed by atoms with E-state index in [1.54, 1.807) is 24.3 Å². The molecule has 2 amide bonds. The van der Waals surface area contributed by atoms with Gasteiger partial charge in [0.05, 0.1) is 0 Å². The van der Waals surface area contributed by atoms with Crippen LogP contribution in [0.3, 0.4) is 0 Å². The van der Waals surface area contributed by atoms with Crippen LogP contribution in [-0.2, 0) is 7.05 Å². The molecule has 0 saturated carbocycles. The molecule has 0 fully saturated rings. The Morgan fingerprint density at radius 2 is 1.79 bits per heavy atom. The Bertz CT molecular complexity index is 903. The number of carbonyl (C=O) groups is 1. The maximum atomic E-state index is 12.1. The molecule has 0 aliphatic heterocycles. The van der Waals surface area contributed by atoms with Crippen molar-refractivity contribution in [3.63, 3.8) is 0 Å². The van der Waals surface area contributed by atoms with E-state index in [0.29, 0.717) is 16.9 Å². The number of carbonyl (C=O) groups excluding carboxylic acids is 1. The number of amides is 2. The monoisotopic (exact) mass is 435 g/mol. The summed E-state index contributed by atoms with van der Waals surface area (Å²) in [5, 5.41) is 14.0. The van der Waals surface area contributed by atoms with E-state index in [9.17, 15) is 4.79 Å². The molecular weight excluding hydrogens is 417 g/mol. The normalized spacial score (nSPS) is 10.0. The van der Waals surface area contributed by atoms with Gasteiger partial charge in [0.2, 0.25) is 0 Å². The molecule has 0 radical (unpaired) electrons. The fourth-order valence-electron chi connectivity index (χ4n) is 2.42. The molecule has 3 aromatic rings. The van der Waals surface area contributed by atoms with Crippen molar-refractivity contribution in [3.8, 4) is 0 Å². The highest BCUT2D eigenvalue weighted by molar-refractivity contribution is 14.0. The van der Waals surface area contributed by atoms with Gasteiger partial charge in [-0.3, -0.25) is 5.41 Å². The molecule has 7 heteroatoms. The molecule has 24 heavy (non-hydrogen) atoms. The van der Waals surface area contributed by atoms with Gasteiger partial charge in [-0.2, -0.15) is 0 Å². The molecule has 3 rings (SSSR count). The van der Waals surface area contributed by atoms with Crippen molar-refractivity contribution < 1.29 is 4.79 Å². The number of hydrogen-bond donors (Lipinski definition) is 4. The number of nitrogen functional groups attached to an aromatic ring is 1. The summed E-state index contributed by atoms with van der Waals surface area (Å²) in [5.41, 5.74) is 8.40. The average Bonchev–Trinajstić information content (AvgIpc) is 2.88. The Labute approximate surface area is 156 Å². The second-order valence-corrected chi connectivity index (χ2v) is 5.27. The number of anilines is 2. The lowest BCUT2D eigenvalue weighted by Crippen LogP contribution is -2.20. The Hall–Kier alpha value is -2.55. The molecular formula is C17H18IN5O. The molecule has 5 N–H and O–H groups in total. The number of rotatable bonds is 3. The first-order chi connectivity index (χ1) is 11.0. The molecule has 124 valence electrons. The number of nitrogens with zero attached hydrogens (tertiary/aromatic N) is 1. The molecule has 0 bridgehead atoms. The van der Waals surface area contributed by atoms with Crippen LogP contribution < -0.4 is 16.4 Å². The van der Waals surface area contributed by atoms with Gasteiger partial charge in [0.1, 0.15) is 5.84 Å². The summed E-state index contributed by atoms with van der Waals surface area (Å²) in [7, 11) is 1.98. The zero-order valence-electron chi connectivity index (χ0n) is 13.0. The van der Waals surface area contributed by atoms with Crippen LogP contribution >= 0.6 is 24.0 Å². The lowest BCUT2D eigenvalue weighted by atomic mass is 10.2. The number of halogens is 1. The van der Waals surface area contributed by atoms with E-state index in [0.717, 1.165) is 10.9 Å². The van der Waals surface area contributed by atoms with E-state index >= 15 is 0 Å². The van der Waals surface area contributed by atoms with Crippen LogP contribution in [0.25, 0.3) is 10.9 Å². The van der Waals surface area contributed by atoms with Gasteiger partial charge in [0.15, 0.2) is 0 Å². The van der Waals surface area contributed by atoms with Crippen molar-refractivity contribution in [2.75, 3.05) is 10.6 Å². The Morgan fingerprint density at radius 3 is 2.50 bits per heavy atom. The van der Waals surface area contributed by atoms with Crippen molar-refractivity contribution in [2.45, 2.75) is 0 Å². The maximum Gasteiger partial charge on any atom is 0.323 e. The molecule has 6 nitrogen and oxygen atoms in total. The Morgan fingerprint density at radius 1 is 1.08 bits per heavy atom. The number of fused-ring (bicyclic) bond motifs is 1. The van der Waals surface area contributed by atoms with Crippen LogP contribution in [0.4, 0.5) is 16.2 Å². The van der Waals surface area contributed by atoms with E-state index in [1.807, 2.05) is 42.1 Å². The lowest BCUT2D eigenvalue weighted by molar-refractivity contribution is 0.262. The summed E-state index contributed by atoms with van der Waals surface area (Å²) >= 11 is 0. The molecule has 2 aromatic carbocycles. The van der Waals surface area contributed by atoms with Crippen molar-refractivity contribution in [3.05, 3.63) is 60.3 Å². The quantitative estimate of drug-likeness (QED) is 0.287. The van der Waals surface area contributed by atoms with Crippen LogP contribution in [0.2, 0.25) is 0 Å². The van der Waals surface area contributed by atoms with Crippen LogP contribution in [0, 0.1) is 5.41 Å². The molecule has 1 heterocycles. The predicted molar refractivity (Wildman–Crippen MR) is 108 cm³/mol. The van der Waals surface area contributed by atoms with Crippen molar-refractivity contribution in [2.24, 2.45) is 12.8 Å². The molecule has 0 saturated heterocycles. The molecule has 0 spiro atoms. The second-order valence-electron chi connectivity index (χ2n) is 5.27. The summed E-state index contributed by atoms with van der Waals surface area (Å²) in [6, 6.07) is 14.2. The SMILES string of the molecule is Cn1ccc2cc(NC(=O)Nc3cccc(C(=N)N)c3)ccc21.I. The first-order valence-corrected chi connectivity index (χ1v) is 7.10. The third-order valence-electron chi connectivity index (χ3n) is 3.57. The summed E-state index contributed by atoms with van der Waals surface area (Å²) in [6.07, 6.45) is 1.97. The zero-order chi connectivity index (χ0) is 16.4. The number of urea groups is 1. The van der Waals surface area contributed by atoms with Crippen molar-refractivity contribution in [1.29, 1.82) is 5.41 Å². The fraction of sp³-hybridized carbons (Fsp3) is 0.0588. The number of nitrogens with two attached hydrogens (primary N) is 1. The minimum atomic E-state index is -0.346. The number of benzene rings is 2. The third-order valence-corrected chi connectivity index (χ3v) is 3.57. The van der Waals surface area contributed by atoms with Gasteiger partial charge >= 0.3 is 6.03 Å². The summed E-state index contributed by atoms with van der Waals surface area (Å²) in [4.78, 5) is 12.1. The van der Waals surface area contributed by atoms with Gasteiger partial charge < -0.3 is 20.9 Å². The summed E-state index contributed by atoms with van der Waals surface area (Å²) in [6.45, 7) is 0. The number of hydrogen-bond acceptors (Lipinski definition) is 2. The minimum absolute atomic E-state index is 0. The first kappa shape index (κ1) is 17.8. The fourth-order valence-corrected chi connectivity index (χ4v) is 2.42. The van der Waals surface area contributed by atoms with Gasteiger partial charge in [-0.15, -0.1) is 24.0 Å². The zero-order valence-corrected chi connectivity index (χ0v) is 15.4. The average molecular weight is 435 g/mol. The highest BCUT2D eigenvalue weighted by Crippen LogP contribution is 2.20. The maximum absolute atomic E-state index is 12.1. The Kier molecular flexibility index (Phi) is 5.45. The van der Waals surface area contributed by atoms with Gasteiger partial charge in [0, 0.05) is 41.1 Å². The number of nitrogens with one attached hydrogen (secondary N) is 3. The highest BCUT2D eigenvalue weighted by Gasteiger charge is 2.06. The predicted octanol–water partition coefficient (Wildman–Crippen LogP) is 3.72. The number of aryl methyl sites for hydroxylation is 1. The Balaban J connectivity index is 0.00000208. The lowest BCUT2D eigenvalue weighted by Gasteiger charge is -2.09. The van der Waals surface area contributed by atoms with E-state index in [-0.39, 0.29) is 35.8 Å². The van der Waals surface area contributed by atoms with E-state index in [2.05, 4.69) is 10.6 Å². The van der Waals surface area contributed by atoms with E-state index < -0.39 is 0 Å². The minimum Gasteiger partial charge on any atom is -0.384 e. The summed E-state index contributed by atoms with van der Waals surface area (Å²) < 4.78 is 2.02. The van der Waals surface area contributed by atoms with Crippen LogP contribution in [-0.4, -0.2) is 16.4 Å². The standard InChI is InChI=1S/C17H17N5O.HI/c1-22-8-7-11-9-14(5-6-15(11)22)21-17(23)20-13-4-2-3-12(10-13)16(18)19;/h2-10H,1H3,(H3,18,19)(H2,20,21,23);1H. The van der Waals surface area contributed by atoms with Crippen molar-refractivity contribution >= 4 is 58.1 Å². The molecule has 0 aliphatic rings. The van der Waals surface area contributed by atoms with Crippen molar-refractivity contribution in [1.82, 2.24) is 4.57 Å². The molecule has 0 aliphatic carbocycles. The van der Waals surface area contributed by atoms with Gasteiger partial charge in [0.25, 0.3) is 0 Å². The van der Waals surface area contributed by atoms with E-state index in [4.69, 9.17) is 11.1 Å². The first-order valence-electron chi connectivity index (χ1n) is 7.10. The third kappa shape index (κ3) is 3.85. The smallest absolute Gasteiger partial charge is 0.323 e. The molecule has 0 unspecified atom stereocenters. The van der Waals surface area contributed by atoms with Gasteiger partial charge in [-0.1, -0.05) is 12.1 Å². The largest absolute Gasteiger partial charge is 0.384 e. The second kappa shape index (κ2) is 7.35. The van der Waals surface area contributed by atoms with Crippen LogP contribution in [0.1, 0.15) is 5.56 Å². The summed E-state index contributed by atoms with van der Waals surface area (Å²) in [5.74, 6) is -0.0383. The highest BCUT2D eigenvalue weighted by atomic mass is 127. The van der Waals surface area contributed by atoms with Crippen LogP contribution in [0.15, 0.2) is 54.7 Å². The number of aromatic nitrogens is 1. The van der Waals surface area contributed by atoms with Gasteiger partial charge in [-0.05, 0) is 36.4 Å².